The van der Waals surface area contributed by atoms with E-state index in [4.69, 9.17) is 10.5 Å². The maximum absolute atomic E-state index is 11.1. The molecular weight excluding hydrogens is 168 g/mol. The van der Waals surface area contributed by atoms with Crippen LogP contribution >= 0.6 is 0 Å². The van der Waals surface area contributed by atoms with Crippen molar-refractivity contribution in [2.24, 2.45) is 11.7 Å². The van der Waals surface area contributed by atoms with Gasteiger partial charge in [-0.1, -0.05) is 0 Å². The number of likely N-dealkylation sites (N-methyl/N-ethyl adjacent to an activating group) is 1. The van der Waals surface area contributed by atoms with Crippen molar-refractivity contribution in [2.45, 2.75) is 25.3 Å². The first-order chi connectivity index (χ1) is 6.24. The Kier molecular flexibility index (Phi) is 4.18. The highest BCUT2D eigenvalue weighted by molar-refractivity contribution is 5.81. The van der Waals surface area contributed by atoms with Gasteiger partial charge in [-0.25, -0.2) is 0 Å². The van der Waals surface area contributed by atoms with Gasteiger partial charge < -0.3 is 15.8 Å². The SMILES string of the molecule is CNC(=O)C(N)CC1CCOCC1. The van der Waals surface area contributed by atoms with Crippen LogP contribution in [0.25, 0.3) is 0 Å². The highest BCUT2D eigenvalue weighted by atomic mass is 16.5. The molecular formula is C9H18N2O2. The van der Waals surface area contributed by atoms with Gasteiger partial charge in [0.1, 0.15) is 0 Å². The molecule has 1 heterocycles. The van der Waals surface area contributed by atoms with E-state index in [0.717, 1.165) is 32.5 Å². The highest BCUT2D eigenvalue weighted by Gasteiger charge is 2.20. The molecule has 3 N–H and O–H groups in total. The molecule has 76 valence electrons. The number of hydrogen-bond donors (Lipinski definition) is 2. The van der Waals surface area contributed by atoms with Gasteiger partial charge in [-0.15, -0.1) is 0 Å². The van der Waals surface area contributed by atoms with Gasteiger partial charge in [-0.2, -0.15) is 0 Å². The van der Waals surface area contributed by atoms with Crippen LogP contribution in [0, 0.1) is 5.92 Å². The van der Waals surface area contributed by atoms with Gasteiger partial charge in [0.15, 0.2) is 0 Å². The molecule has 0 bridgehead atoms. The molecule has 0 aromatic rings. The second-order valence-electron chi connectivity index (χ2n) is 3.51. The van der Waals surface area contributed by atoms with Crippen molar-refractivity contribution in [3.05, 3.63) is 0 Å². The van der Waals surface area contributed by atoms with Crippen molar-refractivity contribution in [1.29, 1.82) is 0 Å². The molecule has 1 amide bonds. The molecule has 13 heavy (non-hydrogen) atoms. The van der Waals surface area contributed by atoms with E-state index in [1.165, 1.54) is 0 Å². The number of rotatable bonds is 3. The molecule has 0 saturated carbocycles. The van der Waals surface area contributed by atoms with Crippen LogP contribution in [0.2, 0.25) is 0 Å². The smallest absolute Gasteiger partial charge is 0.236 e. The molecule has 0 aromatic heterocycles. The molecule has 4 heteroatoms. The molecule has 4 nitrogen and oxygen atoms in total. The number of nitrogens with one attached hydrogen (secondary N) is 1. The van der Waals surface area contributed by atoms with Gasteiger partial charge in [-0.05, 0) is 25.2 Å². The van der Waals surface area contributed by atoms with Crippen molar-refractivity contribution in [3.8, 4) is 0 Å². The summed E-state index contributed by atoms with van der Waals surface area (Å²) in [6, 6.07) is -0.354. The first-order valence-corrected chi connectivity index (χ1v) is 4.79. The van der Waals surface area contributed by atoms with Gasteiger partial charge in [0.25, 0.3) is 0 Å². The molecule has 1 aliphatic rings. The van der Waals surface area contributed by atoms with E-state index >= 15 is 0 Å². The Morgan fingerprint density at radius 2 is 2.23 bits per heavy atom. The van der Waals surface area contributed by atoms with Crippen molar-refractivity contribution in [3.63, 3.8) is 0 Å². The largest absolute Gasteiger partial charge is 0.381 e. The van der Waals surface area contributed by atoms with Gasteiger partial charge in [0.2, 0.25) is 5.91 Å². The Morgan fingerprint density at radius 3 is 2.77 bits per heavy atom. The average molecular weight is 186 g/mol. The zero-order chi connectivity index (χ0) is 9.68. The maximum Gasteiger partial charge on any atom is 0.236 e. The fourth-order valence-electron chi connectivity index (χ4n) is 1.63. The Morgan fingerprint density at radius 1 is 1.62 bits per heavy atom. The van der Waals surface area contributed by atoms with E-state index in [9.17, 15) is 4.79 Å². The first-order valence-electron chi connectivity index (χ1n) is 4.79. The molecule has 0 aromatic carbocycles. The summed E-state index contributed by atoms with van der Waals surface area (Å²) < 4.78 is 5.23. The third-order valence-corrected chi connectivity index (χ3v) is 2.51. The number of hydrogen-bond acceptors (Lipinski definition) is 3. The predicted molar refractivity (Wildman–Crippen MR) is 50.2 cm³/mol. The Balaban J connectivity index is 2.25. The third kappa shape index (κ3) is 3.32. The molecule has 1 atom stereocenters. The second kappa shape index (κ2) is 5.19. The van der Waals surface area contributed by atoms with Crippen LogP contribution in [0.1, 0.15) is 19.3 Å². The summed E-state index contributed by atoms with van der Waals surface area (Å²) in [5, 5.41) is 2.56. The average Bonchev–Trinajstić information content (AvgIpc) is 2.18. The normalized spacial score (nSPS) is 21.1. The molecule has 1 unspecified atom stereocenters. The second-order valence-corrected chi connectivity index (χ2v) is 3.51. The Labute approximate surface area is 78.8 Å². The zero-order valence-electron chi connectivity index (χ0n) is 8.08. The zero-order valence-corrected chi connectivity index (χ0v) is 8.08. The van der Waals surface area contributed by atoms with E-state index in [2.05, 4.69) is 5.32 Å². The van der Waals surface area contributed by atoms with Crippen LogP contribution in [0.15, 0.2) is 0 Å². The summed E-state index contributed by atoms with van der Waals surface area (Å²) >= 11 is 0. The highest BCUT2D eigenvalue weighted by Crippen LogP contribution is 2.19. The van der Waals surface area contributed by atoms with Crippen LogP contribution in [-0.4, -0.2) is 32.2 Å². The van der Waals surface area contributed by atoms with Crippen molar-refractivity contribution in [2.75, 3.05) is 20.3 Å². The van der Waals surface area contributed by atoms with Crippen LogP contribution in [0.4, 0.5) is 0 Å². The summed E-state index contributed by atoms with van der Waals surface area (Å²) in [4.78, 5) is 11.1. The van der Waals surface area contributed by atoms with Crippen LogP contribution in [-0.2, 0) is 9.53 Å². The van der Waals surface area contributed by atoms with E-state index < -0.39 is 0 Å². The van der Waals surface area contributed by atoms with Crippen LogP contribution in [0.5, 0.6) is 0 Å². The fraction of sp³-hybridized carbons (Fsp3) is 0.889. The van der Waals surface area contributed by atoms with Crippen molar-refractivity contribution >= 4 is 5.91 Å². The summed E-state index contributed by atoms with van der Waals surface area (Å²) in [7, 11) is 1.62. The molecule has 1 rings (SSSR count). The fourth-order valence-corrected chi connectivity index (χ4v) is 1.63. The lowest BCUT2D eigenvalue weighted by molar-refractivity contribution is -0.122. The predicted octanol–water partition coefficient (Wildman–Crippen LogP) is -0.124. The quantitative estimate of drug-likeness (QED) is 0.645. The molecule has 0 radical (unpaired) electrons. The molecule has 0 aliphatic carbocycles. The lowest BCUT2D eigenvalue weighted by atomic mass is 9.92. The lowest BCUT2D eigenvalue weighted by Crippen LogP contribution is -2.40. The maximum atomic E-state index is 11.1. The number of ether oxygens (including phenoxy) is 1. The minimum Gasteiger partial charge on any atom is -0.381 e. The van der Waals surface area contributed by atoms with E-state index in [0.29, 0.717) is 5.92 Å². The Hall–Kier alpha value is -0.610. The topological polar surface area (TPSA) is 64.4 Å². The first kappa shape index (κ1) is 10.5. The number of amides is 1. The number of nitrogens with two attached hydrogens (primary N) is 1. The standard InChI is InChI=1S/C9H18N2O2/c1-11-9(12)8(10)6-7-2-4-13-5-3-7/h7-8H,2-6,10H2,1H3,(H,11,12). The minimum absolute atomic E-state index is 0.0634. The summed E-state index contributed by atoms with van der Waals surface area (Å²) in [5.41, 5.74) is 5.71. The summed E-state index contributed by atoms with van der Waals surface area (Å²) in [5.74, 6) is 0.493. The number of carbonyl (C=O) groups is 1. The van der Waals surface area contributed by atoms with E-state index in [1.807, 2.05) is 0 Å². The van der Waals surface area contributed by atoms with Crippen molar-refractivity contribution in [1.82, 2.24) is 5.32 Å². The molecule has 1 fully saturated rings. The minimum atomic E-state index is -0.354. The van der Waals surface area contributed by atoms with Gasteiger partial charge >= 0.3 is 0 Å². The van der Waals surface area contributed by atoms with E-state index in [1.54, 1.807) is 7.05 Å². The van der Waals surface area contributed by atoms with Crippen LogP contribution < -0.4 is 11.1 Å². The lowest BCUT2D eigenvalue weighted by Gasteiger charge is -2.23. The van der Waals surface area contributed by atoms with E-state index in [-0.39, 0.29) is 11.9 Å². The molecule has 0 spiro atoms. The summed E-state index contributed by atoms with van der Waals surface area (Å²) in [6.45, 7) is 1.62. The van der Waals surface area contributed by atoms with Crippen molar-refractivity contribution < 1.29 is 9.53 Å². The molecule has 1 saturated heterocycles. The number of carbonyl (C=O) groups excluding carboxylic acids is 1. The monoisotopic (exact) mass is 186 g/mol. The molecule has 1 aliphatic heterocycles. The van der Waals surface area contributed by atoms with Gasteiger partial charge in [-0.3, -0.25) is 4.79 Å². The van der Waals surface area contributed by atoms with Gasteiger partial charge in [0, 0.05) is 20.3 Å². The third-order valence-electron chi connectivity index (χ3n) is 2.51. The van der Waals surface area contributed by atoms with Crippen LogP contribution in [0.3, 0.4) is 0 Å². The Bertz CT molecular complexity index is 167. The summed E-state index contributed by atoms with van der Waals surface area (Å²) in [6.07, 6.45) is 2.85. The van der Waals surface area contributed by atoms with Gasteiger partial charge in [0.05, 0.1) is 6.04 Å².